The number of benzene rings is 1. The molecule has 2 amide bonds. The number of carboxylic acids is 1. The number of carboxylic acid groups (broad SMARTS) is 1. The van der Waals surface area contributed by atoms with Gasteiger partial charge in [-0.3, -0.25) is 19.7 Å². The van der Waals surface area contributed by atoms with E-state index >= 15 is 0 Å². The van der Waals surface area contributed by atoms with Gasteiger partial charge in [0.25, 0.3) is 0 Å². The fraction of sp³-hybridized carbons (Fsp3) is 0.583. The Morgan fingerprint density at radius 1 is 1.21 bits per heavy atom. The van der Waals surface area contributed by atoms with Gasteiger partial charge in [0.1, 0.15) is 18.8 Å². The first-order valence-corrected chi connectivity index (χ1v) is 11.8. The fourth-order valence-electron chi connectivity index (χ4n) is 4.87. The molecule has 1 saturated carbocycles. The maximum atomic E-state index is 12.7. The van der Waals surface area contributed by atoms with Crippen molar-refractivity contribution in [3.8, 4) is 5.75 Å². The van der Waals surface area contributed by atoms with Crippen LogP contribution in [0.25, 0.3) is 0 Å². The average molecular weight is 457 g/mol. The van der Waals surface area contributed by atoms with Gasteiger partial charge >= 0.3 is 5.97 Å². The number of fused-ring (bicyclic) bond motifs is 2. The summed E-state index contributed by atoms with van der Waals surface area (Å²) in [5.41, 5.74) is 2.91. The van der Waals surface area contributed by atoms with E-state index in [0.29, 0.717) is 44.9 Å². The van der Waals surface area contributed by atoms with Gasteiger partial charge in [0.15, 0.2) is 0 Å². The van der Waals surface area contributed by atoms with E-state index in [1.807, 2.05) is 24.0 Å². The Bertz CT molecular complexity index is 954. The van der Waals surface area contributed by atoms with Gasteiger partial charge in [0.05, 0.1) is 12.3 Å². The number of guanidine groups is 1. The molecule has 0 spiro atoms. The maximum absolute atomic E-state index is 12.7. The molecule has 4 rings (SSSR count). The standard InChI is InChI=1S/C24H32N4O5/c1-16-18-13-27-14-21(29)26-24(27)25-19(18)10-11-20(16)33-12-6-5-9-22(30)28(15-23(31)32)17-7-3-2-4-8-17/h10-11,17H,2-9,12-15H2,1H3,(H,31,32)(H,25,26,29). The largest absolute Gasteiger partial charge is 0.493 e. The quantitative estimate of drug-likeness (QED) is 0.553. The third-order valence-corrected chi connectivity index (χ3v) is 6.67. The van der Waals surface area contributed by atoms with E-state index in [9.17, 15) is 19.5 Å². The highest BCUT2D eigenvalue weighted by Gasteiger charge is 2.30. The van der Waals surface area contributed by atoms with Gasteiger partial charge in [-0.25, -0.2) is 4.99 Å². The number of nitrogens with one attached hydrogen (secondary N) is 1. The normalized spacial score (nSPS) is 17.7. The number of amides is 2. The zero-order valence-corrected chi connectivity index (χ0v) is 19.1. The van der Waals surface area contributed by atoms with Crippen molar-refractivity contribution in [3.05, 3.63) is 23.3 Å². The molecule has 1 saturated heterocycles. The topological polar surface area (TPSA) is 112 Å². The van der Waals surface area contributed by atoms with E-state index in [2.05, 4.69) is 10.3 Å². The molecule has 33 heavy (non-hydrogen) atoms. The Balaban J connectivity index is 1.26. The monoisotopic (exact) mass is 456 g/mol. The maximum Gasteiger partial charge on any atom is 0.323 e. The van der Waals surface area contributed by atoms with Crippen molar-refractivity contribution in [2.75, 3.05) is 19.7 Å². The van der Waals surface area contributed by atoms with Crippen molar-refractivity contribution in [1.82, 2.24) is 15.1 Å². The highest BCUT2D eigenvalue weighted by molar-refractivity contribution is 6.05. The summed E-state index contributed by atoms with van der Waals surface area (Å²) in [6, 6.07) is 3.86. The van der Waals surface area contributed by atoms with Crippen LogP contribution in [0.2, 0.25) is 0 Å². The summed E-state index contributed by atoms with van der Waals surface area (Å²) in [5.74, 6) is 0.320. The van der Waals surface area contributed by atoms with E-state index in [0.717, 1.165) is 54.7 Å². The van der Waals surface area contributed by atoms with Gasteiger partial charge in [-0.1, -0.05) is 19.3 Å². The van der Waals surface area contributed by atoms with Crippen LogP contribution in [0.3, 0.4) is 0 Å². The number of aliphatic carboxylic acids is 1. The van der Waals surface area contributed by atoms with Crippen LogP contribution in [-0.2, 0) is 20.9 Å². The van der Waals surface area contributed by atoms with Crippen LogP contribution < -0.4 is 10.1 Å². The van der Waals surface area contributed by atoms with Crippen molar-refractivity contribution in [2.24, 2.45) is 4.99 Å². The van der Waals surface area contributed by atoms with E-state index in [4.69, 9.17) is 4.74 Å². The van der Waals surface area contributed by atoms with Gasteiger partial charge in [-0.2, -0.15) is 0 Å². The first-order valence-electron chi connectivity index (χ1n) is 11.8. The molecule has 9 nitrogen and oxygen atoms in total. The summed E-state index contributed by atoms with van der Waals surface area (Å²) in [7, 11) is 0. The summed E-state index contributed by atoms with van der Waals surface area (Å²) in [6.07, 6.45) is 6.76. The minimum Gasteiger partial charge on any atom is -0.493 e. The zero-order chi connectivity index (χ0) is 23.4. The van der Waals surface area contributed by atoms with Gasteiger partial charge in [0.2, 0.25) is 17.8 Å². The Labute approximate surface area is 193 Å². The highest BCUT2D eigenvalue weighted by atomic mass is 16.5. The van der Waals surface area contributed by atoms with Crippen LogP contribution in [0.15, 0.2) is 17.1 Å². The minimum atomic E-state index is -0.953. The van der Waals surface area contributed by atoms with Gasteiger partial charge < -0.3 is 19.6 Å². The molecular weight excluding hydrogens is 424 g/mol. The summed E-state index contributed by atoms with van der Waals surface area (Å²) in [5, 5.41) is 12.0. The second kappa shape index (κ2) is 10.2. The van der Waals surface area contributed by atoms with Gasteiger partial charge in [-0.05, 0) is 50.3 Å². The van der Waals surface area contributed by atoms with Crippen LogP contribution in [0.4, 0.5) is 5.69 Å². The summed E-state index contributed by atoms with van der Waals surface area (Å²) >= 11 is 0. The summed E-state index contributed by atoms with van der Waals surface area (Å²) in [4.78, 5) is 43.6. The van der Waals surface area contributed by atoms with Crippen molar-refractivity contribution in [3.63, 3.8) is 0 Å². The molecular formula is C24H32N4O5. The van der Waals surface area contributed by atoms with Crippen LogP contribution >= 0.6 is 0 Å². The first kappa shape index (κ1) is 23.1. The third-order valence-electron chi connectivity index (χ3n) is 6.67. The zero-order valence-electron chi connectivity index (χ0n) is 19.1. The Morgan fingerprint density at radius 2 is 2.00 bits per heavy atom. The lowest BCUT2D eigenvalue weighted by Crippen LogP contribution is -2.44. The smallest absolute Gasteiger partial charge is 0.323 e. The number of aliphatic imine (C=N–C) groups is 1. The highest BCUT2D eigenvalue weighted by Crippen LogP contribution is 2.34. The molecule has 9 heteroatoms. The predicted molar refractivity (Wildman–Crippen MR) is 122 cm³/mol. The Kier molecular flexibility index (Phi) is 7.15. The number of ether oxygens (including phenoxy) is 1. The molecule has 0 bridgehead atoms. The van der Waals surface area contributed by atoms with Crippen molar-refractivity contribution >= 4 is 29.4 Å². The number of nitrogens with zero attached hydrogens (tertiary/aromatic N) is 3. The lowest BCUT2D eigenvalue weighted by Gasteiger charge is -2.33. The number of rotatable bonds is 9. The molecule has 2 heterocycles. The van der Waals surface area contributed by atoms with Crippen molar-refractivity contribution in [1.29, 1.82) is 0 Å². The first-order chi connectivity index (χ1) is 15.9. The lowest BCUT2D eigenvalue weighted by atomic mass is 9.94. The number of carbonyl (C=O) groups is 3. The molecule has 1 aromatic rings. The van der Waals surface area contributed by atoms with E-state index < -0.39 is 5.97 Å². The van der Waals surface area contributed by atoms with Gasteiger partial charge in [-0.15, -0.1) is 0 Å². The molecule has 0 radical (unpaired) electrons. The van der Waals surface area contributed by atoms with Crippen LogP contribution in [0, 0.1) is 6.92 Å². The van der Waals surface area contributed by atoms with Crippen LogP contribution in [-0.4, -0.2) is 64.4 Å². The number of hydrogen-bond acceptors (Lipinski definition) is 6. The molecule has 1 aliphatic carbocycles. The summed E-state index contributed by atoms with van der Waals surface area (Å²) in [6.45, 7) is 3.20. The summed E-state index contributed by atoms with van der Waals surface area (Å²) < 4.78 is 5.99. The van der Waals surface area contributed by atoms with Crippen LogP contribution in [0.1, 0.15) is 62.5 Å². The van der Waals surface area contributed by atoms with E-state index in [-0.39, 0.29) is 24.4 Å². The number of carbonyl (C=O) groups excluding carboxylic acids is 2. The molecule has 2 N–H and O–H groups in total. The molecule has 0 atom stereocenters. The minimum absolute atomic E-state index is 0.0457. The SMILES string of the molecule is Cc1c(OCCCCC(=O)N(CC(=O)O)C2CCCCC2)ccc2c1CN1CC(=O)NC1=N2. The molecule has 178 valence electrons. The predicted octanol–water partition coefficient (Wildman–Crippen LogP) is 2.72. The molecule has 3 aliphatic rings. The Hall–Kier alpha value is -3.10. The molecule has 2 aliphatic heterocycles. The Morgan fingerprint density at radius 3 is 2.76 bits per heavy atom. The lowest BCUT2D eigenvalue weighted by molar-refractivity contribution is -0.146. The molecule has 1 aromatic carbocycles. The van der Waals surface area contributed by atoms with Crippen molar-refractivity contribution < 1.29 is 24.2 Å². The fourth-order valence-corrected chi connectivity index (χ4v) is 4.87. The van der Waals surface area contributed by atoms with E-state index in [1.54, 1.807) is 4.90 Å². The third kappa shape index (κ3) is 5.46. The molecule has 0 aromatic heterocycles. The van der Waals surface area contributed by atoms with E-state index in [1.165, 1.54) is 0 Å². The molecule has 0 unspecified atom stereocenters. The molecule has 2 fully saturated rings. The van der Waals surface area contributed by atoms with Gasteiger partial charge in [0, 0.05) is 24.6 Å². The number of unbranched alkanes of at least 4 members (excludes halogenated alkanes) is 1. The van der Waals surface area contributed by atoms with Crippen LogP contribution in [0.5, 0.6) is 5.75 Å². The average Bonchev–Trinajstić information content (AvgIpc) is 3.16. The second-order valence-electron chi connectivity index (χ2n) is 9.04. The number of hydrogen-bond donors (Lipinski definition) is 2. The second-order valence-corrected chi connectivity index (χ2v) is 9.04. The van der Waals surface area contributed by atoms with Crippen molar-refractivity contribution in [2.45, 2.75) is 70.9 Å².